The molecule has 0 aliphatic rings. The summed E-state index contributed by atoms with van der Waals surface area (Å²) in [4.78, 5) is 24.4. The van der Waals surface area contributed by atoms with Gasteiger partial charge in [0.25, 0.3) is 5.91 Å². The number of ether oxygens (including phenoxy) is 2. The Morgan fingerprint density at radius 3 is 2.46 bits per heavy atom. The molecule has 0 unspecified atom stereocenters. The Balaban J connectivity index is 1.69. The third-order valence-electron chi connectivity index (χ3n) is 3.77. The summed E-state index contributed by atoms with van der Waals surface area (Å²) in [5.74, 6) is -1.75. The van der Waals surface area contributed by atoms with E-state index < -0.39 is 29.6 Å². The molecule has 0 aliphatic heterocycles. The monoisotopic (exact) mass is 409 g/mol. The van der Waals surface area contributed by atoms with Gasteiger partial charge in [-0.05, 0) is 42.8 Å². The maximum absolute atomic E-state index is 13.1. The number of hydrogen-bond acceptors (Lipinski definition) is 5. The zero-order valence-electron chi connectivity index (χ0n) is 15.5. The van der Waals surface area contributed by atoms with Crippen molar-refractivity contribution in [3.63, 3.8) is 0 Å². The van der Waals surface area contributed by atoms with Crippen LogP contribution in [0.15, 0.2) is 47.4 Å². The standard InChI is InChI=1S/C20H21F2NO4S/c1-13(20(25)23-12-14-3-5-15(26-2)6-4-14)27-19(24)9-10-28-16-7-8-17(21)18(22)11-16/h3-8,11,13H,9-10,12H2,1-2H3,(H,23,25)/t13-/m1/s1. The van der Waals surface area contributed by atoms with Crippen molar-refractivity contribution < 1.29 is 27.8 Å². The molecule has 150 valence electrons. The summed E-state index contributed by atoms with van der Waals surface area (Å²) in [6, 6.07) is 10.8. The zero-order chi connectivity index (χ0) is 20.5. The zero-order valence-corrected chi connectivity index (χ0v) is 16.4. The highest BCUT2D eigenvalue weighted by molar-refractivity contribution is 7.99. The summed E-state index contributed by atoms with van der Waals surface area (Å²) in [6.07, 6.45) is -0.890. The normalized spacial score (nSPS) is 11.6. The van der Waals surface area contributed by atoms with Crippen molar-refractivity contribution >= 4 is 23.6 Å². The van der Waals surface area contributed by atoms with E-state index in [0.29, 0.717) is 17.2 Å². The fourth-order valence-electron chi connectivity index (χ4n) is 2.20. The van der Waals surface area contributed by atoms with E-state index in [1.807, 2.05) is 12.1 Å². The van der Waals surface area contributed by atoms with Crippen molar-refractivity contribution in [2.75, 3.05) is 12.9 Å². The van der Waals surface area contributed by atoms with Gasteiger partial charge in [-0.15, -0.1) is 11.8 Å². The Labute approximate surface area is 166 Å². The van der Waals surface area contributed by atoms with Crippen LogP contribution < -0.4 is 10.1 Å². The van der Waals surface area contributed by atoms with E-state index in [2.05, 4.69) is 5.32 Å². The second-order valence-corrected chi connectivity index (χ2v) is 7.04. The average Bonchev–Trinajstić information content (AvgIpc) is 2.69. The molecule has 0 saturated carbocycles. The topological polar surface area (TPSA) is 64.6 Å². The van der Waals surface area contributed by atoms with Crippen LogP contribution in [0.4, 0.5) is 8.78 Å². The van der Waals surface area contributed by atoms with E-state index >= 15 is 0 Å². The molecule has 0 aromatic heterocycles. The molecule has 1 atom stereocenters. The summed E-state index contributed by atoms with van der Waals surface area (Å²) in [5.41, 5.74) is 0.885. The van der Waals surface area contributed by atoms with E-state index in [1.165, 1.54) is 24.8 Å². The van der Waals surface area contributed by atoms with E-state index in [9.17, 15) is 18.4 Å². The number of hydrogen-bond donors (Lipinski definition) is 1. The molecule has 1 N–H and O–H groups in total. The van der Waals surface area contributed by atoms with Crippen LogP contribution in [0, 0.1) is 11.6 Å². The van der Waals surface area contributed by atoms with E-state index in [4.69, 9.17) is 9.47 Å². The van der Waals surface area contributed by atoms with Gasteiger partial charge in [0.1, 0.15) is 5.75 Å². The molecule has 0 spiro atoms. The van der Waals surface area contributed by atoms with Gasteiger partial charge in [0.15, 0.2) is 17.7 Å². The highest BCUT2D eigenvalue weighted by atomic mass is 32.2. The van der Waals surface area contributed by atoms with Crippen LogP contribution in [0.5, 0.6) is 5.75 Å². The van der Waals surface area contributed by atoms with Gasteiger partial charge in [0, 0.05) is 17.2 Å². The summed E-state index contributed by atoms with van der Waals surface area (Å²) in [7, 11) is 1.57. The number of carbonyl (C=O) groups is 2. The minimum atomic E-state index is -0.935. The Kier molecular flexibility index (Phi) is 8.25. The lowest BCUT2D eigenvalue weighted by atomic mass is 10.2. The second kappa shape index (κ2) is 10.7. The Morgan fingerprint density at radius 1 is 1.11 bits per heavy atom. The molecular formula is C20H21F2NO4S. The molecule has 0 aliphatic carbocycles. The van der Waals surface area contributed by atoms with Crippen LogP contribution in [0.3, 0.4) is 0 Å². The molecular weight excluding hydrogens is 388 g/mol. The number of nitrogens with one attached hydrogen (secondary N) is 1. The lowest BCUT2D eigenvalue weighted by Crippen LogP contribution is -2.35. The van der Waals surface area contributed by atoms with E-state index in [1.54, 1.807) is 19.2 Å². The first-order valence-corrected chi connectivity index (χ1v) is 9.55. The smallest absolute Gasteiger partial charge is 0.307 e. The quantitative estimate of drug-likeness (QED) is 0.505. The predicted octanol–water partition coefficient (Wildman–Crippen LogP) is 3.70. The molecule has 2 aromatic carbocycles. The minimum absolute atomic E-state index is 0.0414. The number of rotatable bonds is 9. The van der Waals surface area contributed by atoms with Gasteiger partial charge in [-0.1, -0.05) is 12.1 Å². The van der Waals surface area contributed by atoms with Crippen LogP contribution in [0.25, 0.3) is 0 Å². The lowest BCUT2D eigenvalue weighted by Gasteiger charge is -2.13. The fourth-order valence-corrected chi connectivity index (χ4v) is 3.06. The van der Waals surface area contributed by atoms with Gasteiger partial charge in [0.05, 0.1) is 13.5 Å². The van der Waals surface area contributed by atoms with Crippen molar-refractivity contribution in [2.24, 2.45) is 0 Å². The van der Waals surface area contributed by atoms with Gasteiger partial charge in [-0.3, -0.25) is 9.59 Å². The van der Waals surface area contributed by atoms with Crippen LogP contribution in [-0.4, -0.2) is 30.8 Å². The Hall–Kier alpha value is -2.61. The number of halogens is 2. The van der Waals surface area contributed by atoms with Gasteiger partial charge < -0.3 is 14.8 Å². The molecule has 0 bridgehead atoms. The predicted molar refractivity (Wildman–Crippen MR) is 102 cm³/mol. The van der Waals surface area contributed by atoms with Gasteiger partial charge in [0.2, 0.25) is 0 Å². The Bertz CT molecular complexity index is 814. The van der Waals surface area contributed by atoms with Crippen molar-refractivity contribution in [1.82, 2.24) is 5.32 Å². The summed E-state index contributed by atoms with van der Waals surface area (Å²) in [5, 5.41) is 2.70. The number of carbonyl (C=O) groups excluding carboxylic acids is 2. The van der Waals surface area contributed by atoms with Crippen LogP contribution >= 0.6 is 11.8 Å². The van der Waals surface area contributed by atoms with Gasteiger partial charge >= 0.3 is 5.97 Å². The highest BCUT2D eigenvalue weighted by Gasteiger charge is 2.17. The molecule has 0 saturated heterocycles. The molecule has 1 amide bonds. The first-order valence-electron chi connectivity index (χ1n) is 8.57. The number of thioether (sulfide) groups is 1. The number of methoxy groups -OCH3 is 1. The number of esters is 1. The van der Waals surface area contributed by atoms with Crippen LogP contribution in [0.1, 0.15) is 18.9 Å². The van der Waals surface area contributed by atoms with Crippen LogP contribution in [-0.2, 0) is 20.9 Å². The summed E-state index contributed by atoms with van der Waals surface area (Å²) in [6.45, 7) is 1.79. The molecule has 2 aromatic rings. The van der Waals surface area contributed by atoms with Crippen molar-refractivity contribution in [3.8, 4) is 5.75 Å². The maximum atomic E-state index is 13.1. The van der Waals surface area contributed by atoms with Crippen molar-refractivity contribution in [1.29, 1.82) is 0 Å². The molecule has 5 nitrogen and oxygen atoms in total. The van der Waals surface area contributed by atoms with Gasteiger partial charge in [-0.2, -0.15) is 0 Å². The molecule has 0 fully saturated rings. The van der Waals surface area contributed by atoms with E-state index in [0.717, 1.165) is 23.4 Å². The fraction of sp³-hybridized carbons (Fsp3) is 0.300. The highest BCUT2D eigenvalue weighted by Crippen LogP contribution is 2.21. The first kappa shape index (κ1) is 21.7. The number of benzene rings is 2. The van der Waals surface area contributed by atoms with Crippen molar-refractivity contribution in [3.05, 3.63) is 59.7 Å². The first-order chi connectivity index (χ1) is 13.4. The molecule has 0 heterocycles. The maximum Gasteiger partial charge on any atom is 0.307 e. The van der Waals surface area contributed by atoms with Crippen LogP contribution in [0.2, 0.25) is 0 Å². The summed E-state index contributed by atoms with van der Waals surface area (Å²) < 4.78 is 36.2. The van der Waals surface area contributed by atoms with E-state index in [-0.39, 0.29) is 6.42 Å². The molecule has 28 heavy (non-hydrogen) atoms. The third kappa shape index (κ3) is 6.84. The average molecular weight is 409 g/mol. The largest absolute Gasteiger partial charge is 0.497 e. The second-order valence-electron chi connectivity index (χ2n) is 5.87. The lowest BCUT2D eigenvalue weighted by molar-refractivity contribution is -0.154. The summed E-state index contributed by atoms with van der Waals surface area (Å²) >= 11 is 1.20. The Morgan fingerprint density at radius 2 is 1.82 bits per heavy atom. The SMILES string of the molecule is COc1ccc(CNC(=O)[C@@H](C)OC(=O)CCSc2ccc(F)c(F)c2)cc1. The minimum Gasteiger partial charge on any atom is -0.497 e. The van der Waals surface area contributed by atoms with Gasteiger partial charge in [-0.25, -0.2) is 8.78 Å². The van der Waals surface area contributed by atoms with Crippen molar-refractivity contribution in [2.45, 2.75) is 30.9 Å². The number of amides is 1. The molecule has 8 heteroatoms. The third-order valence-corrected chi connectivity index (χ3v) is 4.76. The molecule has 2 rings (SSSR count). The molecule has 0 radical (unpaired) electrons.